The Kier molecular flexibility index (Phi) is 4.34. The van der Waals surface area contributed by atoms with Crippen LogP contribution in [0.4, 0.5) is 17.6 Å². The lowest BCUT2D eigenvalue weighted by Gasteiger charge is -2.01. The second-order valence-corrected chi connectivity index (χ2v) is 4.40. The molecule has 6 nitrogen and oxygen atoms in total. The van der Waals surface area contributed by atoms with Crippen molar-refractivity contribution >= 4 is 11.8 Å². The van der Waals surface area contributed by atoms with Gasteiger partial charge in [0.05, 0.1) is 0 Å². The second kappa shape index (κ2) is 6.07. The number of benzene rings is 1. The summed E-state index contributed by atoms with van der Waals surface area (Å²) in [6.45, 7) is 0. The van der Waals surface area contributed by atoms with E-state index in [1.165, 1.54) is 12.1 Å². The quantitative estimate of drug-likeness (QED) is 0.307. The predicted molar refractivity (Wildman–Crippen MR) is 70.7 cm³/mol. The van der Waals surface area contributed by atoms with E-state index in [9.17, 15) is 22.4 Å². The second-order valence-electron chi connectivity index (χ2n) is 4.40. The monoisotopic (exact) mass is 330 g/mol. The van der Waals surface area contributed by atoms with Crippen molar-refractivity contribution in [1.29, 1.82) is 0 Å². The number of amidine groups is 1. The average molecular weight is 330 g/mol. The molecule has 0 aliphatic heterocycles. The third-order valence-corrected chi connectivity index (χ3v) is 2.75. The van der Waals surface area contributed by atoms with Crippen LogP contribution in [0.25, 0.3) is 0 Å². The Morgan fingerprint density at radius 1 is 1.30 bits per heavy atom. The van der Waals surface area contributed by atoms with Crippen LogP contribution in [0.3, 0.4) is 0 Å². The zero-order chi connectivity index (χ0) is 17.2. The largest absolute Gasteiger partial charge is 0.435 e. The summed E-state index contributed by atoms with van der Waals surface area (Å²) in [5.74, 6) is -1.90. The van der Waals surface area contributed by atoms with Crippen LogP contribution in [0.2, 0.25) is 0 Å². The maximum atomic E-state index is 12.8. The molecule has 0 atom stereocenters. The minimum Gasteiger partial charge on any atom is -0.380 e. The highest BCUT2D eigenvalue weighted by molar-refractivity contribution is 5.97. The molecule has 0 amide bonds. The summed E-state index contributed by atoms with van der Waals surface area (Å²) < 4.78 is 51.0. The van der Waals surface area contributed by atoms with Gasteiger partial charge in [0.2, 0.25) is 0 Å². The van der Waals surface area contributed by atoms with E-state index in [4.69, 9.17) is 5.73 Å². The van der Waals surface area contributed by atoms with Gasteiger partial charge in [-0.1, -0.05) is 5.16 Å². The van der Waals surface area contributed by atoms with E-state index in [1.807, 2.05) is 0 Å². The van der Waals surface area contributed by atoms with E-state index in [2.05, 4.69) is 15.1 Å². The fourth-order valence-electron chi connectivity index (χ4n) is 1.61. The fraction of sp³-hybridized carbons (Fsp3) is 0.154. The van der Waals surface area contributed by atoms with Gasteiger partial charge in [-0.2, -0.15) is 18.3 Å². The molecule has 0 bridgehead atoms. The average Bonchev–Trinajstić information content (AvgIpc) is 2.87. The normalized spacial score (nSPS) is 12.3. The number of nitrogens with zero attached hydrogens (tertiary/aromatic N) is 3. The molecule has 1 aromatic heterocycles. The van der Waals surface area contributed by atoms with E-state index in [1.54, 1.807) is 0 Å². The molecule has 0 aliphatic carbocycles. The van der Waals surface area contributed by atoms with E-state index in [0.717, 1.165) is 23.9 Å². The molecule has 0 unspecified atom stereocenters. The summed E-state index contributed by atoms with van der Waals surface area (Å²) in [7, 11) is 1.15. The number of hydrogen-bond acceptors (Lipinski definition) is 4. The molecule has 2 aromatic rings. The molecule has 2 rings (SSSR count). The van der Waals surface area contributed by atoms with Gasteiger partial charge in [-0.05, 0) is 24.3 Å². The number of aryl methyl sites for hydroxylation is 1. The summed E-state index contributed by atoms with van der Waals surface area (Å²) in [5.41, 5.74) is 4.13. The SMILES string of the molecule is Cn1nc(C(F)(F)F)cc1C(=O)O/N=C(\N)c1ccc(F)cc1. The van der Waals surface area contributed by atoms with Crippen LogP contribution in [0.1, 0.15) is 21.7 Å². The highest BCUT2D eigenvalue weighted by Crippen LogP contribution is 2.28. The Morgan fingerprint density at radius 2 is 1.91 bits per heavy atom. The van der Waals surface area contributed by atoms with Crippen molar-refractivity contribution in [2.24, 2.45) is 17.9 Å². The molecule has 122 valence electrons. The molecule has 23 heavy (non-hydrogen) atoms. The van der Waals surface area contributed by atoms with Crippen LogP contribution >= 0.6 is 0 Å². The third kappa shape index (κ3) is 3.84. The predicted octanol–water partition coefficient (Wildman–Crippen LogP) is 2.06. The van der Waals surface area contributed by atoms with Crippen LogP contribution in [0, 0.1) is 5.82 Å². The van der Waals surface area contributed by atoms with Crippen LogP contribution in [0.5, 0.6) is 0 Å². The molecule has 0 spiro atoms. The van der Waals surface area contributed by atoms with Crippen molar-refractivity contribution in [2.75, 3.05) is 0 Å². The first-order chi connectivity index (χ1) is 10.7. The zero-order valence-electron chi connectivity index (χ0n) is 11.6. The van der Waals surface area contributed by atoms with E-state index in [0.29, 0.717) is 6.07 Å². The van der Waals surface area contributed by atoms with Crippen molar-refractivity contribution in [3.63, 3.8) is 0 Å². The molecule has 0 saturated carbocycles. The maximum Gasteiger partial charge on any atom is 0.435 e. The van der Waals surface area contributed by atoms with Crippen molar-refractivity contribution in [3.05, 3.63) is 53.1 Å². The molecule has 2 N–H and O–H groups in total. The number of oxime groups is 1. The number of carbonyl (C=O) groups excluding carboxylic acids is 1. The van der Waals surface area contributed by atoms with Crippen molar-refractivity contribution < 1.29 is 27.2 Å². The summed E-state index contributed by atoms with van der Waals surface area (Å²) >= 11 is 0. The lowest BCUT2D eigenvalue weighted by molar-refractivity contribution is -0.141. The van der Waals surface area contributed by atoms with Gasteiger partial charge in [0, 0.05) is 18.7 Å². The van der Waals surface area contributed by atoms with Crippen LogP contribution < -0.4 is 5.73 Å². The number of alkyl halides is 3. The molecule has 1 heterocycles. The molecular formula is C13H10F4N4O2. The molecule has 1 aromatic carbocycles. The van der Waals surface area contributed by atoms with Gasteiger partial charge >= 0.3 is 12.1 Å². The fourth-order valence-corrected chi connectivity index (χ4v) is 1.61. The third-order valence-electron chi connectivity index (χ3n) is 2.75. The summed E-state index contributed by atoms with van der Waals surface area (Å²) in [5, 5.41) is 6.48. The highest BCUT2D eigenvalue weighted by Gasteiger charge is 2.35. The minimum atomic E-state index is -4.69. The number of nitrogens with two attached hydrogens (primary N) is 1. The van der Waals surface area contributed by atoms with Crippen molar-refractivity contribution in [3.8, 4) is 0 Å². The Hall–Kier alpha value is -2.91. The summed E-state index contributed by atoms with van der Waals surface area (Å²) in [6, 6.07) is 5.38. The van der Waals surface area contributed by atoms with E-state index >= 15 is 0 Å². The summed E-state index contributed by atoms with van der Waals surface area (Å²) in [4.78, 5) is 16.2. The van der Waals surface area contributed by atoms with Gasteiger partial charge < -0.3 is 10.6 Å². The first-order valence-electron chi connectivity index (χ1n) is 6.10. The number of carbonyl (C=O) groups is 1. The van der Waals surface area contributed by atoms with Crippen LogP contribution in [0.15, 0.2) is 35.5 Å². The summed E-state index contributed by atoms with van der Waals surface area (Å²) in [6.07, 6.45) is -4.69. The van der Waals surface area contributed by atoms with Crippen molar-refractivity contribution in [2.45, 2.75) is 6.18 Å². The van der Waals surface area contributed by atoms with Crippen molar-refractivity contribution in [1.82, 2.24) is 9.78 Å². The number of aromatic nitrogens is 2. The molecular weight excluding hydrogens is 320 g/mol. The van der Waals surface area contributed by atoms with Gasteiger partial charge in [-0.25, -0.2) is 9.18 Å². The maximum absolute atomic E-state index is 12.8. The molecule has 0 radical (unpaired) electrons. The van der Waals surface area contributed by atoms with Crippen LogP contribution in [-0.2, 0) is 18.1 Å². The van der Waals surface area contributed by atoms with Gasteiger partial charge in [-0.3, -0.25) is 4.68 Å². The number of rotatable bonds is 3. The lowest BCUT2D eigenvalue weighted by atomic mass is 10.2. The smallest absolute Gasteiger partial charge is 0.380 e. The highest BCUT2D eigenvalue weighted by atomic mass is 19.4. The topological polar surface area (TPSA) is 82.5 Å². The Bertz CT molecular complexity index is 750. The van der Waals surface area contributed by atoms with E-state index in [-0.39, 0.29) is 11.4 Å². The first kappa shape index (κ1) is 16.5. The number of halogens is 4. The first-order valence-corrected chi connectivity index (χ1v) is 6.10. The number of hydrogen-bond donors (Lipinski definition) is 1. The Balaban J connectivity index is 2.14. The molecule has 10 heteroatoms. The Morgan fingerprint density at radius 3 is 2.43 bits per heavy atom. The minimum absolute atomic E-state index is 0.239. The standard InChI is InChI=1S/C13H10F4N4O2/c1-21-9(6-10(19-21)13(15,16)17)12(22)23-20-11(18)7-2-4-8(14)5-3-7/h2-6H,1H3,(H2,18,20). The van der Waals surface area contributed by atoms with Gasteiger partial charge in [0.25, 0.3) is 0 Å². The lowest BCUT2D eigenvalue weighted by Crippen LogP contribution is -2.16. The zero-order valence-corrected chi connectivity index (χ0v) is 11.6. The molecule has 0 aliphatic rings. The van der Waals surface area contributed by atoms with Gasteiger partial charge in [0.1, 0.15) is 11.5 Å². The van der Waals surface area contributed by atoms with Gasteiger partial charge in [-0.15, -0.1) is 0 Å². The van der Waals surface area contributed by atoms with E-state index < -0.39 is 29.4 Å². The Labute approximate surface area is 127 Å². The van der Waals surface area contributed by atoms with Gasteiger partial charge in [0.15, 0.2) is 11.5 Å². The molecule has 0 fully saturated rings. The molecule has 0 saturated heterocycles. The van der Waals surface area contributed by atoms with Crippen LogP contribution in [-0.4, -0.2) is 21.6 Å².